The minimum absolute atomic E-state index is 0.211. The van der Waals surface area contributed by atoms with E-state index in [0.29, 0.717) is 5.82 Å². The molecule has 0 spiro atoms. The quantitative estimate of drug-likeness (QED) is 0.806. The van der Waals surface area contributed by atoms with Gasteiger partial charge in [-0.25, -0.2) is 4.98 Å². The number of anilines is 2. The third kappa shape index (κ3) is 2.73. The van der Waals surface area contributed by atoms with Crippen LogP contribution in [0.1, 0.15) is 0 Å². The summed E-state index contributed by atoms with van der Waals surface area (Å²) in [7, 11) is 3.54. The Kier molecular flexibility index (Phi) is 4.04. The highest BCUT2D eigenvalue weighted by Crippen LogP contribution is 2.30. The van der Waals surface area contributed by atoms with Crippen molar-refractivity contribution in [2.45, 2.75) is 0 Å². The van der Waals surface area contributed by atoms with Crippen molar-refractivity contribution in [2.24, 2.45) is 0 Å². The fourth-order valence-corrected chi connectivity index (χ4v) is 2.10. The molecular weight excluding hydrogens is 318 g/mol. The van der Waals surface area contributed by atoms with Gasteiger partial charge in [0.2, 0.25) is 5.28 Å². The lowest BCUT2D eigenvalue weighted by Crippen LogP contribution is -2.12. The van der Waals surface area contributed by atoms with Crippen LogP contribution in [-0.4, -0.2) is 24.1 Å². The van der Waals surface area contributed by atoms with Gasteiger partial charge in [-0.15, -0.1) is 0 Å². The van der Waals surface area contributed by atoms with Gasteiger partial charge in [0.1, 0.15) is 5.75 Å². The fourth-order valence-electron chi connectivity index (χ4n) is 1.51. The molecule has 0 fully saturated rings. The Bertz CT molecular complexity index is 565. The van der Waals surface area contributed by atoms with Crippen molar-refractivity contribution in [1.82, 2.24) is 9.97 Å². The number of methoxy groups -OCH3 is 1. The monoisotopic (exact) mass is 327 g/mol. The van der Waals surface area contributed by atoms with Gasteiger partial charge in [-0.2, -0.15) is 4.98 Å². The Morgan fingerprint density at radius 1 is 1.39 bits per heavy atom. The third-order valence-electron chi connectivity index (χ3n) is 2.45. The van der Waals surface area contributed by atoms with Crippen LogP contribution in [0.3, 0.4) is 0 Å². The summed E-state index contributed by atoms with van der Waals surface area (Å²) in [5.41, 5.74) is 0.949. The van der Waals surface area contributed by atoms with E-state index in [9.17, 15) is 0 Å². The smallest absolute Gasteiger partial charge is 0.224 e. The minimum atomic E-state index is 0.211. The van der Waals surface area contributed by atoms with Crippen molar-refractivity contribution in [3.8, 4) is 5.75 Å². The van der Waals surface area contributed by atoms with E-state index < -0.39 is 0 Å². The second kappa shape index (κ2) is 5.54. The van der Waals surface area contributed by atoms with Crippen LogP contribution in [0.15, 0.2) is 34.9 Å². The van der Waals surface area contributed by atoms with Crippen LogP contribution in [0.5, 0.6) is 5.75 Å². The van der Waals surface area contributed by atoms with Crippen LogP contribution in [0.25, 0.3) is 0 Å². The number of nitrogens with zero attached hydrogens (tertiary/aromatic N) is 3. The van der Waals surface area contributed by atoms with E-state index in [1.165, 1.54) is 0 Å². The fraction of sp³-hybridized carbons (Fsp3) is 0.167. The molecule has 0 saturated carbocycles. The number of hydrogen-bond acceptors (Lipinski definition) is 4. The van der Waals surface area contributed by atoms with E-state index in [4.69, 9.17) is 16.3 Å². The molecule has 94 valence electrons. The standard InChI is InChI=1S/C12H11BrClN3O/c1-17(8-4-3-5-9(6-8)18-2)11-10(13)7-15-12(14)16-11/h3-7H,1-2H3. The molecule has 0 aliphatic carbocycles. The first-order valence-corrected chi connectivity index (χ1v) is 6.34. The molecular formula is C12H11BrClN3O. The van der Waals surface area contributed by atoms with Crippen LogP contribution in [0.4, 0.5) is 11.5 Å². The molecule has 0 radical (unpaired) electrons. The first kappa shape index (κ1) is 13.1. The van der Waals surface area contributed by atoms with Gasteiger partial charge in [-0.3, -0.25) is 0 Å². The van der Waals surface area contributed by atoms with Crippen molar-refractivity contribution in [2.75, 3.05) is 19.1 Å². The highest BCUT2D eigenvalue weighted by molar-refractivity contribution is 9.10. The summed E-state index contributed by atoms with van der Waals surface area (Å²) < 4.78 is 5.97. The first-order chi connectivity index (χ1) is 8.61. The Morgan fingerprint density at radius 2 is 2.17 bits per heavy atom. The summed E-state index contributed by atoms with van der Waals surface area (Å²) in [6, 6.07) is 7.69. The molecule has 0 aliphatic heterocycles. The summed E-state index contributed by atoms with van der Waals surface area (Å²) in [4.78, 5) is 10.0. The second-order valence-corrected chi connectivity index (χ2v) is 4.76. The van der Waals surface area contributed by atoms with Crippen LogP contribution in [-0.2, 0) is 0 Å². The maximum atomic E-state index is 5.81. The van der Waals surface area contributed by atoms with Crippen molar-refractivity contribution < 1.29 is 4.74 Å². The van der Waals surface area contributed by atoms with E-state index in [0.717, 1.165) is 15.9 Å². The van der Waals surface area contributed by atoms with Crippen molar-refractivity contribution >= 4 is 39.0 Å². The SMILES string of the molecule is COc1cccc(N(C)c2nc(Cl)ncc2Br)c1. The number of hydrogen-bond donors (Lipinski definition) is 0. The zero-order valence-corrected chi connectivity index (χ0v) is 12.2. The second-order valence-electron chi connectivity index (χ2n) is 3.57. The average molecular weight is 329 g/mol. The van der Waals surface area contributed by atoms with Crippen molar-refractivity contribution in [1.29, 1.82) is 0 Å². The summed E-state index contributed by atoms with van der Waals surface area (Å²) in [6.07, 6.45) is 1.63. The lowest BCUT2D eigenvalue weighted by molar-refractivity contribution is 0.415. The van der Waals surface area contributed by atoms with E-state index in [-0.39, 0.29) is 5.28 Å². The average Bonchev–Trinajstić information content (AvgIpc) is 2.41. The Morgan fingerprint density at radius 3 is 2.89 bits per heavy atom. The van der Waals surface area contributed by atoms with Gasteiger partial charge < -0.3 is 9.64 Å². The molecule has 0 aliphatic rings. The molecule has 1 aromatic heterocycles. The molecule has 1 aromatic carbocycles. The summed E-state index contributed by atoms with van der Waals surface area (Å²) >= 11 is 9.22. The molecule has 6 heteroatoms. The highest BCUT2D eigenvalue weighted by Gasteiger charge is 2.11. The number of ether oxygens (including phenoxy) is 1. The molecule has 0 bridgehead atoms. The molecule has 0 atom stereocenters. The molecule has 2 aromatic rings. The molecule has 0 amide bonds. The normalized spacial score (nSPS) is 10.2. The molecule has 18 heavy (non-hydrogen) atoms. The van der Waals surface area contributed by atoms with Crippen molar-refractivity contribution in [3.05, 3.63) is 40.2 Å². The zero-order valence-electron chi connectivity index (χ0n) is 9.89. The Balaban J connectivity index is 2.40. The van der Waals surface area contributed by atoms with E-state index in [2.05, 4.69) is 25.9 Å². The Hall–Kier alpha value is -1.33. The van der Waals surface area contributed by atoms with Crippen LogP contribution in [0, 0.1) is 0 Å². The number of halogens is 2. The van der Waals surface area contributed by atoms with Crippen LogP contribution >= 0.6 is 27.5 Å². The molecule has 2 rings (SSSR count). The third-order valence-corrected chi connectivity index (χ3v) is 3.20. The molecule has 4 nitrogen and oxygen atoms in total. The van der Waals surface area contributed by atoms with Crippen LogP contribution in [0.2, 0.25) is 5.28 Å². The van der Waals surface area contributed by atoms with Gasteiger partial charge in [0, 0.05) is 25.0 Å². The molecule has 0 unspecified atom stereocenters. The van der Waals surface area contributed by atoms with Gasteiger partial charge >= 0.3 is 0 Å². The number of rotatable bonds is 3. The predicted molar refractivity (Wildman–Crippen MR) is 75.8 cm³/mol. The zero-order chi connectivity index (χ0) is 13.1. The predicted octanol–water partition coefficient (Wildman–Crippen LogP) is 3.67. The number of benzene rings is 1. The summed E-state index contributed by atoms with van der Waals surface area (Å²) in [5.74, 6) is 1.49. The molecule has 0 N–H and O–H groups in total. The number of aromatic nitrogens is 2. The molecule has 1 heterocycles. The largest absolute Gasteiger partial charge is 0.497 e. The van der Waals surface area contributed by atoms with E-state index >= 15 is 0 Å². The van der Waals surface area contributed by atoms with E-state index in [1.54, 1.807) is 13.3 Å². The van der Waals surface area contributed by atoms with Gasteiger partial charge in [-0.05, 0) is 39.7 Å². The summed E-state index contributed by atoms with van der Waals surface area (Å²) in [6.45, 7) is 0. The van der Waals surface area contributed by atoms with Crippen molar-refractivity contribution in [3.63, 3.8) is 0 Å². The lowest BCUT2D eigenvalue weighted by Gasteiger charge is -2.19. The van der Waals surface area contributed by atoms with Gasteiger partial charge in [0.25, 0.3) is 0 Å². The first-order valence-electron chi connectivity index (χ1n) is 5.17. The lowest BCUT2D eigenvalue weighted by atomic mass is 10.3. The van der Waals surface area contributed by atoms with Gasteiger partial charge in [0.05, 0.1) is 11.6 Å². The van der Waals surface area contributed by atoms with Crippen LogP contribution < -0.4 is 9.64 Å². The van der Waals surface area contributed by atoms with E-state index in [1.807, 2.05) is 36.2 Å². The van der Waals surface area contributed by atoms with Gasteiger partial charge in [-0.1, -0.05) is 6.07 Å². The summed E-state index contributed by atoms with van der Waals surface area (Å²) in [5, 5.41) is 0.211. The topological polar surface area (TPSA) is 38.2 Å². The minimum Gasteiger partial charge on any atom is -0.497 e. The molecule has 0 saturated heterocycles. The highest BCUT2D eigenvalue weighted by atomic mass is 79.9. The maximum absolute atomic E-state index is 5.81. The Labute approximate surface area is 119 Å². The maximum Gasteiger partial charge on any atom is 0.224 e. The van der Waals surface area contributed by atoms with Gasteiger partial charge in [0.15, 0.2) is 5.82 Å².